The van der Waals surface area contributed by atoms with E-state index in [0.717, 1.165) is 34.2 Å². The highest BCUT2D eigenvalue weighted by atomic mass is 32.1. The van der Waals surface area contributed by atoms with Crippen LogP contribution in [0.2, 0.25) is 0 Å². The summed E-state index contributed by atoms with van der Waals surface area (Å²) >= 11 is 1.56. The quantitative estimate of drug-likeness (QED) is 0.645. The summed E-state index contributed by atoms with van der Waals surface area (Å²) in [6.07, 6.45) is 2.25. The van der Waals surface area contributed by atoms with Gasteiger partial charge in [-0.1, -0.05) is 38.1 Å². The summed E-state index contributed by atoms with van der Waals surface area (Å²) in [5.41, 5.74) is 2.71. The van der Waals surface area contributed by atoms with E-state index in [1.54, 1.807) is 11.3 Å². The van der Waals surface area contributed by atoms with Crippen LogP contribution in [0.1, 0.15) is 66.2 Å². The molecular weight excluding hydrogens is 358 g/mol. The molecule has 1 fully saturated rings. The number of hydrogen-bond donors (Lipinski definition) is 1. The molecule has 1 amide bonds. The Kier molecular flexibility index (Phi) is 4.38. The standard InChI is InChI=1S/C21H23N3O2S/c1-12-16(11-17(27-12)18-23-20(26-24-18)14-5-6-14)22-19(25)13-7-9-15(10-8-13)21(2,3)4/h7-11,14H,5-6H2,1-4H3,(H,22,25). The van der Waals surface area contributed by atoms with Crippen molar-refractivity contribution in [3.63, 3.8) is 0 Å². The molecule has 2 aromatic heterocycles. The summed E-state index contributed by atoms with van der Waals surface area (Å²) in [4.78, 5) is 19.0. The lowest BCUT2D eigenvalue weighted by atomic mass is 9.87. The fourth-order valence-corrected chi connectivity index (χ4v) is 3.76. The second-order valence-corrected chi connectivity index (χ2v) is 9.35. The summed E-state index contributed by atoms with van der Waals surface area (Å²) in [5.74, 6) is 1.64. The molecule has 3 aromatic rings. The van der Waals surface area contributed by atoms with Crippen molar-refractivity contribution in [3.05, 3.63) is 52.2 Å². The highest BCUT2D eigenvalue weighted by Gasteiger charge is 2.30. The number of amides is 1. The molecule has 0 unspecified atom stereocenters. The largest absolute Gasteiger partial charge is 0.339 e. The Labute approximate surface area is 162 Å². The van der Waals surface area contributed by atoms with Crippen LogP contribution in [0, 0.1) is 6.92 Å². The van der Waals surface area contributed by atoms with Crippen molar-refractivity contribution in [1.82, 2.24) is 10.1 Å². The summed E-state index contributed by atoms with van der Waals surface area (Å²) in [7, 11) is 0. The summed E-state index contributed by atoms with van der Waals surface area (Å²) in [6.45, 7) is 8.45. The van der Waals surface area contributed by atoms with Gasteiger partial charge in [0.05, 0.1) is 10.6 Å². The third-order valence-corrected chi connectivity index (χ3v) is 5.81. The molecule has 27 heavy (non-hydrogen) atoms. The van der Waals surface area contributed by atoms with Crippen molar-refractivity contribution >= 4 is 22.9 Å². The Hall–Kier alpha value is -2.47. The first-order valence-corrected chi connectivity index (χ1v) is 9.99. The maximum Gasteiger partial charge on any atom is 0.255 e. The Balaban J connectivity index is 1.50. The Morgan fingerprint density at radius 3 is 2.56 bits per heavy atom. The first-order valence-electron chi connectivity index (χ1n) is 9.17. The lowest BCUT2D eigenvalue weighted by Crippen LogP contribution is -2.14. The first-order chi connectivity index (χ1) is 12.8. The fraction of sp³-hybridized carbons (Fsp3) is 0.381. The number of nitrogens with zero attached hydrogens (tertiary/aromatic N) is 2. The van der Waals surface area contributed by atoms with E-state index in [2.05, 4.69) is 36.2 Å². The molecule has 140 valence electrons. The molecule has 0 bridgehead atoms. The van der Waals surface area contributed by atoms with Gasteiger partial charge in [0.1, 0.15) is 0 Å². The number of hydrogen-bond acceptors (Lipinski definition) is 5. The maximum absolute atomic E-state index is 12.6. The predicted molar refractivity (Wildman–Crippen MR) is 107 cm³/mol. The van der Waals surface area contributed by atoms with Gasteiger partial charge in [0.15, 0.2) is 0 Å². The summed E-state index contributed by atoms with van der Waals surface area (Å²) in [6, 6.07) is 9.70. The Morgan fingerprint density at radius 2 is 1.93 bits per heavy atom. The molecule has 0 spiro atoms. The van der Waals surface area contributed by atoms with Crippen molar-refractivity contribution in [2.75, 3.05) is 5.32 Å². The lowest BCUT2D eigenvalue weighted by molar-refractivity contribution is 0.102. The van der Waals surface area contributed by atoms with E-state index in [1.807, 2.05) is 37.3 Å². The van der Waals surface area contributed by atoms with Crippen molar-refractivity contribution in [3.8, 4) is 10.7 Å². The third-order valence-electron chi connectivity index (χ3n) is 4.77. The van der Waals surface area contributed by atoms with E-state index in [9.17, 15) is 4.79 Å². The topological polar surface area (TPSA) is 68.0 Å². The molecule has 5 nitrogen and oxygen atoms in total. The molecule has 1 aromatic carbocycles. The zero-order valence-electron chi connectivity index (χ0n) is 16.0. The molecule has 2 heterocycles. The second-order valence-electron chi connectivity index (χ2n) is 8.09. The number of thiophene rings is 1. The van der Waals surface area contributed by atoms with E-state index in [0.29, 0.717) is 17.3 Å². The average Bonchev–Trinajstić information content (AvgIpc) is 3.24. The molecule has 6 heteroatoms. The van der Waals surface area contributed by atoms with E-state index in [-0.39, 0.29) is 11.3 Å². The van der Waals surface area contributed by atoms with Crippen molar-refractivity contribution in [2.24, 2.45) is 0 Å². The predicted octanol–water partition coefficient (Wildman–Crippen LogP) is 5.53. The zero-order chi connectivity index (χ0) is 19.2. The minimum absolute atomic E-state index is 0.0672. The van der Waals surface area contributed by atoms with Crippen LogP contribution in [0.25, 0.3) is 10.7 Å². The molecule has 0 radical (unpaired) electrons. The minimum atomic E-state index is -0.116. The van der Waals surface area contributed by atoms with Crippen molar-refractivity contribution < 1.29 is 9.32 Å². The molecule has 0 saturated heterocycles. The van der Waals surface area contributed by atoms with Crippen LogP contribution < -0.4 is 5.32 Å². The van der Waals surface area contributed by atoms with Crippen molar-refractivity contribution in [1.29, 1.82) is 0 Å². The molecule has 1 saturated carbocycles. The van der Waals surface area contributed by atoms with Gasteiger partial charge >= 0.3 is 0 Å². The van der Waals surface area contributed by atoms with Crippen LogP contribution in [0.3, 0.4) is 0 Å². The minimum Gasteiger partial charge on any atom is -0.339 e. The number of aryl methyl sites for hydroxylation is 1. The number of nitrogens with one attached hydrogen (secondary N) is 1. The lowest BCUT2D eigenvalue weighted by Gasteiger charge is -2.19. The number of anilines is 1. The SMILES string of the molecule is Cc1sc(-c2noc(C3CC3)n2)cc1NC(=O)c1ccc(C(C)(C)C)cc1. The highest BCUT2D eigenvalue weighted by molar-refractivity contribution is 7.16. The van der Waals surface area contributed by atoms with Crippen molar-refractivity contribution in [2.45, 2.75) is 51.9 Å². The molecular formula is C21H23N3O2S. The molecule has 1 aliphatic carbocycles. The maximum atomic E-state index is 12.6. The van der Waals surface area contributed by atoms with Gasteiger partial charge in [-0.3, -0.25) is 4.79 Å². The van der Waals surface area contributed by atoms with Crippen LogP contribution in [-0.2, 0) is 5.41 Å². The van der Waals surface area contributed by atoms with Gasteiger partial charge in [-0.25, -0.2) is 0 Å². The average molecular weight is 382 g/mol. The monoisotopic (exact) mass is 381 g/mol. The zero-order valence-corrected chi connectivity index (χ0v) is 16.8. The van der Waals surface area contributed by atoms with Gasteiger partial charge in [-0.2, -0.15) is 4.98 Å². The molecule has 1 aliphatic rings. The molecule has 4 rings (SSSR count). The Bertz CT molecular complexity index is 976. The summed E-state index contributed by atoms with van der Waals surface area (Å²) in [5, 5.41) is 7.09. The number of aromatic nitrogens is 2. The number of rotatable bonds is 4. The van der Waals surface area contributed by atoms with E-state index >= 15 is 0 Å². The van der Waals surface area contributed by atoms with Gasteiger partial charge < -0.3 is 9.84 Å². The van der Waals surface area contributed by atoms with Crippen LogP contribution >= 0.6 is 11.3 Å². The van der Waals surface area contributed by atoms with Crippen LogP contribution in [-0.4, -0.2) is 16.0 Å². The van der Waals surface area contributed by atoms with Crippen LogP contribution in [0.15, 0.2) is 34.9 Å². The van der Waals surface area contributed by atoms with E-state index < -0.39 is 0 Å². The van der Waals surface area contributed by atoms with Gasteiger partial charge in [0.25, 0.3) is 5.91 Å². The van der Waals surface area contributed by atoms with E-state index in [4.69, 9.17) is 4.52 Å². The normalized spacial score (nSPS) is 14.4. The highest BCUT2D eigenvalue weighted by Crippen LogP contribution is 2.40. The first kappa shape index (κ1) is 17.9. The number of carbonyl (C=O) groups excluding carboxylic acids is 1. The van der Waals surface area contributed by atoms with E-state index in [1.165, 1.54) is 5.56 Å². The number of carbonyl (C=O) groups is 1. The molecule has 0 atom stereocenters. The van der Waals surface area contributed by atoms with Gasteiger partial charge in [-0.15, -0.1) is 11.3 Å². The van der Waals surface area contributed by atoms with Crippen LogP contribution in [0.5, 0.6) is 0 Å². The third kappa shape index (κ3) is 3.81. The fourth-order valence-electron chi connectivity index (χ4n) is 2.86. The number of benzene rings is 1. The smallest absolute Gasteiger partial charge is 0.255 e. The van der Waals surface area contributed by atoms with Gasteiger partial charge in [-0.05, 0) is 48.9 Å². The molecule has 1 N–H and O–H groups in total. The van der Waals surface area contributed by atoms with Crippen LogP contribution in [0.4, 0.5) is 5.69 Å². The Morgan fingerprint density at radius 1 is 1.22 bits per heavy atom. The van der Waals surface area contributed by atoms with Gasteiger partial charge in [0.2, 0.25) is 11.7 Å². The summed E-state index contributed by atoms with van der Waals surface area (Å²) < 4.78 is 5.34. The molecule has 0 aliphatic heterocycles. The second kappa shape index (κ2) is 6.60. The van der Waals surface area contributed by atoms with Gasteiger partial charge in [0, 0.05) is 16.4 Å².